The fourth-order valence-electron chi connectivity index (χ4n) is 4.10. The third-order valence-corrected chi connectivity index (χ3v) is 8.88. The van der Waals surface area contributed by atoms with Gasteiger partial charge in [0, 0.05) is 0 Å². The maximum atomic E-state index is 12.7. The van der Waals surface area contributed by atoms with E-state index in [0.29, 0.717) is 37.1 Å². The number of imide groups is 1. The van der Waals surface area contributed by atoms with E-state index in [0.717, 1.165) is 30.6 Å². The molecule has 1 aromatic rings. The van der Waals surface area contributed by atoms with Crippen LogP contribution in [-0.4, -0.2) is 67.9 Å². The highest BCUT2D eigenvalue weighted by Gasteiger charge is 2.53. The second-order valence-electron chi connectivity index (χ2n) is 7.20. The van der Waals surface area contributed by atoms with Crippen LogP contribution in [0.5, 0.6) is 0 Å². The molecule has 0 aromatic carbocycles. The maximum absolute atomic E-state index is 12.7. The number of thiophene rings is 1. The minimum absolute atomic E-state index is 0.110. The minimum atomic E-state index is -3.43. The van der Waals surface area contributed by atoms with Gasteiger partial charge in [-0.05, 0) is 24.3 Å². The number of rotatable bonds is 4. The predicted octanol–water partition coefficient (Wildman–Crippen LogP) is -0.541. The molecule has 8 nitrogen and oxygen atoms in total. The van der Waals surface area contributed by atoms with Gasteiger partial charge in [0.25, 0.3) is 15.9 Å². The lowest BCUT2D eigenvalue weighted by Gasteiger charge is -2.32. The second-order valence-corrected chi connectivity index (χ2v) is 10.3. The first-order valence-electron chi connectivity index (χ1n) is 8.94. The Labute approximate surface area is 156 Å². The van der Waals surface area contributed by atoms with Crippen molar-refractivity contribution in [2.75, 3.05) is 32.8 Å². The highest BCUT2D eigenvalue weighted by molar-refractivity contribution is 7.91. The van der Waals surface area contributed by atoms with Gasteiger partial charge in [0.05, 0.1) is 26.2 Å². The first-order valence-corrected chi connectivity index (χ1v) is 11.3. The molecular formula is C16H23N4O4S2+. The van der Waals surface area contributed by atoms with Crippen molar-refractivity contribution < 1.29 is 22.9 Å². The van der Waals surface area contributed by atoms with Crippen molar-refractivity contribution in [3.63, 3.8) is 0 Å². The number of amides is 3. The van der Waals surface area contributed by atoms with E-state index in [9.17, 15) is 18.0 Å². The standard InChI is InChI=1S/C16H22N4O4S2/c21-14-16(5-1-2-6-16)17-15(22)20(14)12-18-7-9-19(10-8-18)26(23,24)13-4-3-11-25-13/h3-4,11H,1-2,5-10,12H2,(H,17,22)/p+1. The molecule has 1 aromatic heterocycles. The van der Waals surface area contributed by atoms with Crippen molar-refractivity contribution in [1.82, 2.24) is 14.5 Å². The Hall–Kier alpha value is -1.49. The smallest absolute Gasteiger partial charge is 0.323 e. The lowest BCUT2D eigenvalue weighted by atomic mass is 9.98. The van der Waals surface area contributed by atoms with E-state index in [-0.39, 0.29) is 11.9 Å². The summed E-state index contributed by atoms with van der Waals surface area (Å²) in [7, 11) is -3.43. The molecular weight excluding hydrogens is 376 g/mol. The van der Waals surface area contributed by atoms with E-state index in [2.05, 4.69) is 5.32 Å². The van der Waals surface area contributed by atoms with Crippen LogP contribution in [-0.2, 0) is 14.8 Å². The van der Waals surface area contributed by atoms with Crippen LogP contribution in [0.4, 0.5) is 4.79 Å². The Morgan fingerprint density at radius 2 is 1.88 bits per heavy atom. The van der Waals surface area contributed by atoms with Crippen LogP contribution in [0, 0.1) is 0 Å². The fourth-order valence-corrected chi connectivity index (χ4v) is 6.69. The van der Waals surface area contributed by atoms with E-state index in [1.165, 1.54) is 20.5 Å². The SMILES string of the molecule is O=C1NC2(CCCC2)C(=O)N1C[NH+]1CCN(S(=O)(=O)c2cccs2)CC1. The molecule has 0 atom stereocenters. The molecule has 1 spiro atoms. The molecule has 10 heteroatoms. The average molecular weight is 400 g/mol. The Kier molecular flexibility index (Phi) is 4.54. The Balaban J connectivity index is 1.37. The number of piperazine rings is 1. The van der Waals surface area contributed by atoms with Crippen LogP contribution >= 0.6 is 11.3 Å². The molecule has 3 amide bonds. The molecule has 1 aliphatic carbocycles. The van der Waals surface area contributed by atoms with Gasteiger partial charge in [-0.2, -0.15) is 4.31 Å². The van der Waals surface area contributed by atoms with Crippen LogP contribution < -0.4 is 10.2 Å². The Bertz CT molecular complexity index is 794. The van der Waals surface area contributed by atoms with Crippen molar-refractivity contribution in [2.24, 2.45) is 0 Å². The molecule has 4 rings (SSSR count). The molecule has 3 aliphatic rings. The topological polar surface area (TPSA) is 91.2 Å². The summed E-state index contributed by atoms with van der Waals surface area (Å²) in [5, 5.41) is 4.64. The van der Waals surface area contributed by atoms with Gasteiger partial charge >= 0.3 is 6.03 Å². The number of nitrogens with one attached hydrogen (secondary N) is 2. The summed E-state index contributed by atoms with van der Waals surface area (Å²) in [4.78, 5) is 27.4. The van der Waals surface area contributed by atoms with Gasteiger partial charge in [0.15, 0.2) is 6.67 Å². The molecule has 2 saturated heterocycles. The third kappa shape index (κ3) is 2.94. The molecule has 0 radical (unpaired) electrons. The Morgan fingerprint density at radius 1 is 1.19 bits per heavy atom. The van der Waals surface area contributed by atoms with E-state index >= 15 is 0 Å². The first-order chi connectivity index (χ1) is 12.4. The van der Waals surface area contributed by atoms with Crippen LogP contribution in [0.15, 0.2) is 21.7 Å². The van der Waals surface area contributed by atoms with Gasteiger partial charge in [0.2, 0.25) is 0 Å². The van der Waals surface area contributed by atoms with Crippen molar-refractivity contribution in [3.05, 3.63) is 17.5 Å². The van der Waals surface area contributed by atoms with E-state index in [1.54, 1.807) is 17.5 Å². The molecule has 2 N–H and O–H groups in total. The molecule has 142 valence electrons. The van der Waals surface area contributed by atoms with Crippen molar-refractivity contribution in [2.45, 2.75) is 35.4 Å². The quantitative estimate of drug-likeness (QED) is 0.666. The van der Waals surface area contributed by atoms with Crippen LogP contribution in [0.3, 0.4) is 0 Å². The molecule has 1 saturated carbocycles. The van der Waals surface area contributed by atoms with E-state index < -0.39 is 15.6 Å². The van der Waals surface area contributed by atoms with Crippen molar-refractivity contribution in [1.29, 1.82) is 0 Å². The lowest BCUT2D eigenvalue weighted by molar-refractivity contribution is -0.910. The number of carbonyl (C=O) groups is 2. The first kappa shape index (κ1) is 17.9. The van der Waals surface area contributed by atoms with Gasteiger partial charge in [-0.15, -0.1) is 11.3 Å². The van der Waals surface area contributed by atoms with E-state index in [4.69, 9.17) is 0 Å². The van der Waals surface area contributed by atoms with Crippen LogP contribution in [0.1, 0.15) is 25.7 Å². The number of carbonyl (C=O) groups excluding carboxylic acids is 2. The van der Waals surface area contributed by atoms with Gasteiger partial charge in [-0.3, -0.25) is 4.79 Å². The number of hydrogen-bond donors (Lipinski definition) is 2. The zero-order valence-electron chi connectivity index (χ0n) is 14.4. The number of hydrogen-bond acceptors (Lipinski definition) is 5. The lowest BCUT2D eigenvalue weighted by Crippen LogP contribution is -3.16. The molecule has 26 heavy (non-hydrogen) atoms. The number of sulfonamides is 1. The summed E-state index contributed by atoms with van der Waals surface area (Å²) >= 11 is 1.22. The molecule has 0 unspecified atom stereocenters. The minimum Gasteiger partial charge on any atom is -0.323 e. The molecule has 2 aliphatic heterocycles. The number of quaternary nitrogens is 1. The summed E-state index contributed by atoms with van der Waals surface area (Å²) in [5.41, 5.74) is -0.680. The summed E-state index contributed by atoms with van der Waals surface area (Å²) in [6.45, 7) is 2.25. The number of nitrogens with zero attached hydrogens (tertiary/aromatic N) is 2. The van der Waals surface area contributed by atoms with E-state index in [1.807, 2.05) is 0 Å². The number of urea groups is 1. The van der Waals surface area contributed by atoms with Crippen LogP contribution in [0.25, 0.3) is 0 Å². The largest absolute Gasteiger partial charge is 0.329 e. The zero-order chi connectivity index (χ0) is 18.4. The molecule has 0 bridgehead atoms. The zero-order valence-corrected chi connectivity index (χ0v) is 16.1. The van der Waals surface area contributed by atoms with Crippen molar-refractivity contribution in [3.8, 4) is 0 Å². The highest BCUT2D eigenvalue weighted by atomic mass is 32.2. The summed E-state index contributed by atoms with van der Waals surface area (Å²) in [6.07, 6.45) is 3.37. The summed E-state index contributed by atoms with van der Waals surface area (Å²) < 4.78 is 27.0. The molecule has 3 fully saturated rings. The van der Waals surface area contributed by atoms with Gasteiger partial charge < -0.3 is 10.2 Å². The van der Waals surface area contributed by atoms with Gasteiger partial charge in [0.1, 0.15) is 9.75 Å². The summed E-state index contributed by atoms with van der Waals surface area (Å²) in [5.74, 6) is -0.110. The van der Waals surface area contributed by atoms with Gasteiger partial charge in [-0.25, -0.2) is 18.1 Å². The monoisotopic (exact) mass is 399 g/mol. The van der Waals surface area contributed by atoms with Crippen molar-refractivity contribution >= 4 is 33.3 Å². The normalized spacial score (nSPS) is 24.5. The second kappa shape index (κ2) is 6.59. The summed E-state index contributed by atoms with van der Waals surface area (Å²) in [6, 6.07) is 3.04. The maximum Gasteiger partial charge on any atom is 0.329 e. The molecule has 3 heterocycles. The highest BCUT2D eigenvalue weighted by Crippen LogP contribution is 2.34. The third-order valence-electron chi connectivity index (χ3n) is 5.60. The Morgan fingerprint density at radius 3 is 2.50 bits per heavy atom. The van der Waals surface area contributed by atoms with Gasteiger partial charge in [-0.1, -0.05) is 18.9 Å². The predicted molar refractivity (Wildman–Crippen MR) is 95.2 cm³/mol. The fraction of sp³-hybridized carbons (Fsp3) is 0.625. The van der Waals surface area contributed by atoms with Crippen LogP contribution in [0.2, 0.25) is 0 Å². The average Bonchev–Trinajstić information content (AvgIpc) is 3.35.